The largest absolute Gasteiger partial charge is 0.326 e. The van der Waals surface area contributed by atoms with E-state index < -0.39 is 0 Å². The first-order valence-corrected chi connectivity index (χ1v) is 9.02. The molecule has 1 aromatic heterocycles. The third-order valence-electron chi connectivity index (χ3n) is 3.73. The highest BCUT2D eigenvalue weighted by atomic mass is 32.1. The van der Waals surface area contributed by atoms with E-state index in [1.807, 2.05) is 30.5 Å². The summed E-state index contributed by atoms with van der Waals surface area (Å²) in [5, 5.41) is 8.42. The van der Waals surface area contributed by atoms with Crippen LogP contribution in [0.15, 0.2) is 47.8 Å². The summed E-state index contributed by atoms with van der Waals surface area (Å²) in [4.78, 5) is 27.6. The molecule has 2 N–H and O–H groups in total. The van der Waals surface area contributed by atoms with Crippen LogP contribution in [0.2, 0.25) is 0 Å². The Morgan fingerprint density at radius 1 is 0.962 bits per heavy atom. The zero-order chi connectivity index (χ0) is 18.7. The Kier molecular flexibility index (Phi) is 5.14. The maximum atomic E-state index is 11.6. The monoisotopic (exact) mass is 365 g/mol. The summed E-state index contributed by atoms with van der Waals surface area (Å²) >= 11 is 1.55. The van der Waals surface area contributed by atoms with E-state index >= 15 is 0 Å². The molecule has 0 aliphatic rings. The summed E-state index contributed by atoms with van der Waals surface area (Å²) < 4.78 is 0. The van der Waals surface area contributed by atoms with Crippen molar-refractivity contribution in [2.24, 2.45) is 0 Å². The van der Waals surface area contributed by atoms with E-state index in [-0.39, 0.29) is 11.8 Å². The van der Waals surface area contributed by atoms with Gasteiger partial charge in [-0.05, 0) is 25.1 Å². The fourth-order valence-electron chi connectivity index (χ4n) is 2.57. The van der Waals surface area contributed by atoms with Crippen molar-refractivity contribution in [1.82, 2.24) is 4.98 Å². The van der Waals surface area contributed by atoms with E-state index in [2.05, 4.69) is 22.8 Å². The fraction of sp³-hybridized carbons (Fsp3) is 0.150. The summed E-state index contributed by atoms with van der Waals surface area (Å²) in [6, 6.07) is 13.6. The number of carbonyl (C=O) groups is 2. The molecule has 132 valence electrons. The van der Waals surface area contributed by atoms with Gasteiger partial charge in [-0.15, -0.1) is 11.3 Å². The number of rotatable bonds is 4. The molecule has 5 nitrogen and oxygen atoms in total. The molecule has 0 aliphatic carbocycles. The minimum Gasteiger partial charge on any atom is -0.326 e. The number of hydrogen-bond acceptors (Lipinski definition) is 4. The Bertz CT molecular complexity index is 961. The summed E-state index contributed by atoms with van der Waals surface area (Å²) in [6.45, 7) is 4.95. The molecule has 3 aromatic rings. The molecule has 2 aromatic carbocycles. The van der Waals surface area contributed by atoms with Gasteiger partial charge < -0.3 is 10.6 Å². The Morgan fingerprint density at radius 3 is 2.31 bits per heavy atom. The fourth-order valence-corrected chi connectivity index (χ4v) is 3.39. The molecule has 0 atom stereocenters. The Morgan fingerprint density at radius 2 is 1.65 bits per heavy atom. The highest BCUT2D eigenvalue weighted by Gasteiger charge is 2.13. The second-order valence-electron chi connectivity index (χ2n) is 6.03. The Balaban J connectivity index is 1.98. The first-order chi connectivity index (χ1) is 12.4. The van der Waals surface area contributed by atoms with Gasteiger partial charge in [0.15, 0.2) is 0 Å². The average Bonchev–Trinajstić information content (AvgIpc) is 3.04. The van der Waals surface area contributed by atoms with Crippen LogP contribution in [0.3, 0.4) is 0 Å². The number of thiazole rings is 1. The van der Waals surface area contributed by atoms with Crippen molar-refractivity contribution in [1.29, 1.82) is 0 Å². The van der Waals surface area contributed by atoms with Crippen LogP contribution < -0.4 is 10.6 Å². The standard InChI is InChI=1S/C20H19N3O2S/c1-12-4-6-15(7-5-12)20-23-19(11-26-20)17-9-8-16(21-13(2)24)10-18(17)22-14(3)25/h4-11H,1-3H3,(H,21,24)(H,22,25). The lowest BCUT2D eigenvalue weighted by Crippen LogP contribution is -2.09. The van der Waals surface area contributed by atoms with Gasteiger partial charge in [0, 0.05) is 36.0 Å². The third-order valence-corrected chi connectivity index (χ3v) is 4.62. The van der Waals surface area contributed by atoms with Gasteiger partial charge in [-0.3, -0.25) is 9.59 Å². The van der Waals surface area contributed by atoms with Crippen LogP contribution in [-0.4, -0.2) is 16.8 Å². The van der Waals surface area contributed by atoms with Gasteiger partial charge in [0.25, 0.3) is 0 Å². The first kappa shape index (κ1) is 17.8. The topological polar surface area (TPSA) is 71.1 Å². The molecule has 1 heterocycles. The van der Waals surface area contributed by atoms with Gasteiger partial charge in [0.2, 0.25) is 11.8 Å². The van der Waals surface area contributed by atoms with Crippen LogP contribution in [0.4, 0.5) is 11.4 Å². The minimum atomic E-state index is -0.180. The smallest absolute Gasteiger partial charge is 0.221 e. The highest BCUT2D eigenvalue weighted by molar-refractivity contribution is 7.13. The first-order valence-electron chi connectivity index (χ1n) is 8.14. The van der Waals surface area contributed by atoms with Crippen molar-refractivity contribution in [2.45, 2.75) is 20.8 Å². The van der Waals surface area contributed by atoms with Crippen LogP contribution >= 0.6 is 11.3 Å². The van der Waals surface area contributed by atoms with Gasteiger partial charge in [0.05, 0.1) is 11.4 Å². The van der Waals surface area contributed by atoms with Crippen LogP contribution in [-0.2, 0) is 9.59 Å². The molecule has 3 rings (SSSR count). The number of carbonyl (C=O) groups excluding carboxylic acids is 2. The summed E-state index contributed by atoms with van der Waals surface area (Å²) in [5.41, 5.74) is 5.09. The minimum absolute atomic E-state index is 0.165. The molecular formula is C20H19N3O2S. The predicted molar refractivity (Wildman–Crippen MR) is 106 cm³/mol. The summed E-state index contributed by atoms with van der Waals surface area (Å²) in [6.07, 6.45) is 0. The number of aromatic nitrogens is 1. The lowest BCUT2D eigenvalue weighted by atomic mass is 10.1. The number of amides is 2. The molecule has 26 heavy (non-hydrogen) atoms. The number of aryl methyl sites for hydroxylation is 1. The van der Waals surface area contributed by atoms with E-state index in [9.17, 15) is 9.59 Å². The molecular weight excluding hydrogens is 346 g/mol. The quantitative estimate of drug-likeness (QED) is 0.704. The van der Waals surface area contributed by atoms with Crippen LogP contribution in [0.25, 0.3) is 21.8 Å². The zero-order valence-electron chi connectivity index (χ0n) is 14.8. The maximum absolute atomic E-state index is 11.6. The molecule has 0 spiro atoms. The number of hydrogen-bond donors (Lipinski definition) is 2. The van der Waals surface area contributed by atoms with Crippen LogP contribution in [0.5, 0.6) is 0 Å². The molecule has 0 aliphatic heterocycles. The zero-order valence-corrected chi connectivity index (χ0v) is 15.6. The van der Waals surface area contributed by atoms with Crippen molar-refractivity contribution in [2.75, 3.05) is 10.6 Å². The Hall–Kier alpha value is -2.99. The molecule has 0 saturated heterocycles. The molecule has 0 fully saturated rings. The van der Waals surface area contributed by atoms with E-state index in [1.165, 1.54) is 19.4 Å². The van der Waals surface area contributed by atoms with Crippen molar-refractivity contribution in [3.63, 3.8) is 0 Å². The predicted octanol–water partition coefficient (Wildman–Crippen LogP) is 4.70. The molecule has 0 saturated carbocycles. The highest BCUT2D eigenvalue weighted by Crippen LogP contribution is 2.34. The molecule has 2 amide bonds. The lowest BCUT2D eigenvalue weighted by Gasteiger charge is -2.11. The van der Waals surface area contributed by atoms with E-state index in [4.69, 9.17) is 4.98 Å². The molecule has 0 unspecified atom stereocenters. The van der Waals surface area contributed by atoms with Gasteiger partial charge in [-0.25, -0.2) is 4.98 Å². The summed E-state index contributed by atoms with van der Waals surface area (Å²) in [7, 11) is 0. The second-order valence-corrected chi connectivity index (χ2v) is 6.88. The van der Waals surface area contributed by atoms with Gasteiger partial charge in [-0.1, -0.05) is 29.8 Å². The van der Waals surface area contributed by atoms with Crippen molar-refractivity contribution in [3.8, 4) is 21.8 Å². The third kappa shape index (κ3) is 4.15. The van der Waals surface area contributed by atoms with Gasteiger partial charge >= 0.3 is 0 Å². The molecule has 0 radical (unpaired) electrons. The number of anilines is 2. The van der Waals surface area contributed by atoms with Gasteiger partial charge in [-0.2, -0.15) is 0 Å². The number of benzene rings is 2. The number of nitrogens with zero attached hydrogens (tertiary/aromatic N) is 1. The van der Waals surface area contributed by atoms with Crippen molar-refractivity contribution >= 4 is 34.5 Å². The second kappa shape index (κ2) is 7.49. The number of nitrogens with one attached hydrogen (secondary N) is 2. The van der Waals surface area contributed by atoms with Crippen molar-refractivity contribution in [3.05, 3.63) is 53.4 Å². The molecule has 0 bridgehead atoms. The maximum Gasteiger partial charge on any atom is 0.221 e. The van der Waals surface area contributed by atoms with Crippen LogP contribution in [0, 0.1) is 6.92 Å². The van der Waals surface area contributed by atoms with Gasteiger partial charge in [0.1, 0.15) is 5.01 Å². The van der Waals surface area contributed by atoms with Crippen LogP contribution in [0.1, 0.15) is 19.4 Å². The van der Waals surface area contributed by atoms with E-state index in [1.54, 1.807) is 23.5 Å². The molecule has 6 heteroatoms. The SMILES string of the molecule is CC(=O)Nc1ccc(-c2csc(-c3ccc(C)cc3)n2)c(NC(C)=O)c1. The normalized spacial score (nSPS) is 10.4. The van der Waals surface area contributed by atoms with Crippen molar-refractivity contribution < 1.29 is 9.59 Å². The summed E-state index contributed by atoms with van der Waals surface area (Å²) in [5.74, 6) is -0.345. The van der Waals surface area contributed by atoms with E-state index in [0.717, 1.165) is 21.8 Å². The lowest BCUT2D eigenvalue weighted by molar-refractivity contribution is -0.115. The van der Waals surface area contributed by atoms with E-state index in [0.29, 0.717) is 11.4 Å². The average molecular weight is 365 g/mol. The Labute approximate surface area is 156 Å².